The van der Waals surface area contributed by atoms with Crippen LogP contribution in [0.3, 0.4) is 0 Å². The number of alkyl carbamates (subject to hydrolysis) is 1. The Labute approximate surface area is 112 Å². The van der Waals surface area contributed by atoms with E-state index in [2.05, 4.69) is 5.32 Å². The van der Waals surface area contributed by atoms with Crippen molar-refractivity contribution in [2.24, 2.45) is 5.73 Å². The van der Waals surface area contributed by atoms with Crippen molar-refractivity contribution in [3.63, 3.8) is 0 Å². The van der Waals surface area contributed by atoms with E-state index in [-0.39, 0.29) is 6.42 Å². The fraction of sp³-hybridized carbons (Fsp3) is 0.750. The van der Waals surface area contributed by atoms with Gasteiger partial charge in [-0.05, 0) is 40.0 Å². The number of unbranched alkanes of at least 4 members (excludes halogenated alkanes) is 1. The van der Waals surface area contributed by atoms with Crippen LogP contribution in [0.1, 0.15) is 40.0 Å². The molecule has 0 bridgehead atoms. The van der Waals surface area contributed by atoms with Crippen molar-refractivity contribution in [1.29, 1.82) is 0 Å². The van der Waals surface area contributed by atoms with Gasteiger partial charge in [0.25, 0.3) is 5.78 Å². The molecule has 0 spiro atoms. The number of carboxylic acids is 1. The van der Waals surface area contributed by atoms with Crippen molar-refractivity contribution < 1.29 is 24.2 Å². The first-order chi connectivity index (χ1) is 8.63. The molecule has 0 fully saturated rings. The van der Waals surface area contributed by atoms with E-state index in [0.29, 0.717) is 19.4 Å². The van der Waals surface area contributed by atoms with Crippen LogP contribution in [0.25, 0.3) is 0 Å². The minimum Gasteiger partial charge on any atom is -0.475 e. The highest BCUT2D eigenvalue weighted by Gasteiger charge is 2.20. The fourth-order valence-corrected chi connectivity index (χ4v) is 1.28. The predicted octanol–water partition coefficient (Wildman–Crippen LogP) is 0.662. The van der Waals surface area contributed by atoms with Crippen molar-refractivity contribution in [2.75, 3.05) is 6.54 Å². The maximum absolute atomic E-state index is 11.3. The second-order valence-electron chi connectivity index (χ2n) is 5.20. The van der Waals surface area contributed by atoms with Crippen LogP contribution in [0.5, 0.6) is 0 Å². The number of ether oxygens (including phenoxy) is 1. The summed E-state index contributed by atoms with van der Waals surface area (Å²) in [7, 11) is 0. The highest BCUT2D eigenvalue weighted by atomic mass is 16.6. The number of Topliss-reactive ketones (excluding diaryl/α,β-unsaturated/α-hetero) is 1. The van der Waals surface area contributed by atoms with Crippen LogP contribution in [0, 0.1) is 0 Å². The SMILES string of the molecule is CC(C)(C)OC(=O)NCCCC[C@H](N)C(=O)C(=O)O. The summed E-state index contributed by atoms with van der Waals surface area (Å²) in [5.74, 6) is -2.50. The van der Waals surface area contributed by atoms with E-state index < -0.39 is 29.5 Å². The molecule has 0 heterocycles. The summed E-state index contributed by atoms with van der Waals surface area (Å²) >= 11 is 0. The van der Waals surface area contributed by atoms with Gasteiger partial charge >= 0.3 is 12.1 Å². The quantitative estimate of drug-likeness (QED) is 0.463. The van der Waals surface area contributed by atoms with Gasteiger partial charge in [0, 0.05) is 6.54 Å². The summed E-state index contributed by atoms with van der Waals surface area (Å²) in [6.07, 6.45) is 0.926. The zero-order valence-corrected chi connectivity index (χ0v) is 11.6. The van der Waals surface area contributed by atoms with Crippen molar-refractivity contribution >= 4 is 17.8 Å². The largest absolute Gasteiger partial charge is 0.475 e. The molecule has 0 saturated carbocycles. The zero-order chi connectivity index (χ0) is 15.1. The summed E-state index contributed by atoms with van der Waals surface area (Å²) in [4.78, 5) is 32.6. The van der Waals surface area contributed by atoms with E-state index in [4.69, 9.17) is 15.6 Å². The predicted molar refractivity (Wildman–Crippen MR) is 68.7 cm³/mol. The molecule has 7 heteroatoms. The molecule has 0 rings (SSSR count). The van der Waals surface area contributed by atoms with Gasteiger partial charge in [-0.25, -0.2) is 9.59 Å². The first-order valence-corrected chi connectivity index (χ1v) is 6.13. The van der Waals surface area contributed by atoms with Gasteiger partial charge in [0.15, 0.2) is 0 Å². The number of carbonyl (C=O) groups excluding carboxylic acids is 2. The van der Waals surface area contributed by atoms with E-state index in [9.17, 15) is 14.4 Å². The van der Waals surface area contributed by atoms with Crippen molar-refractivity contribution in [3.05, 3.63) is 0 Å². The van der Waals surface area contributed by atoms with Gasteiger partial charge in [-0.3, -0.25) is 4.79 Å². The Morgan fingerprint density at radius 1 is 1.26 bits per heavy atom. The van der Waals surface area contributed by atoms with Crippen molar-refractivity contribution in [3.8, 4) is 0 Å². The molecule has 1 amide bonds. The second-order valence-corrected chi connectivity index (χ2v) is 5.20. The Kier molecular flexibility index (Phi) is 7.06. The Morgan fingerprint density at radius 3 is 2.32 bits per heavy atom. The summed E-state index contributed by atoms with van der Waals surface area (Å²) in [6, 6.07) is -0.987. The van der Waals surface area contributed by atoms with Gasteiger partial charge in [-0.15, -0.1) is 0 Å². The number of hydrogen-bond acceptors (Lipinski definition) is 5. The van der Waals surface area contributed by atoms with Crippen LogP contribution >= 0.6 is 0 Å². The molecule has 0 aliphatic heterocycles. The molecule has 0 aromatic carbocycles. The Balaban J connectivity index is 3.69. The molecule has 0 aliphatic carbocycles. The average Bonchev–Trinajstić information content (AvgIpc) is 2.24. The molecule has 1 atom stereocenters. The van der Waals surface area contributed by atoms with Gasteiger partial charge in [0.1, 0.15) is 5.60 Å². The third kappa shape index (κ3) is 9.01. The van der Waals surface area contributed by atoms with Crippen LogP contribution in [-0.2, 0) is 14.3 Å². The Bertz CT molecular complexity index is 336. The molecular formula is C12H22N2O5. The van der Waals surface area contributed by atoms with Gasteiger partial charge in [-0.1, -0.05) is 0 Å². The third-order valence-electron chi connectivity index (χ3n) is 2.16. The van der Waals surface area contributed by atoms with E-state index in [1.807, 2.05) is 0 Å². The highest BCUT2D eigenvalue weighted by Crippen LogP contribution is 2.06. The van der Waals surface area contributed by atoms with Gasteiger partial charge in [-0.2, -0.15) is 0 Å². The smallest absolute Gasteiger partial charge is 0.407 e. The number of carboxylic acid groups (broad SMARTS) is 1. The van der Waals surface area contributed by atoms with Crippen LogP contribution < -0.4 is 11.1 Å². The standard InChI is InChI=1S/C12H22N2O5/c1-12(2,3)19-11(18)14-7-5-4-6-8(13)9(15)10(16)17/h8H,4-7,13H2,1-3H3,(H,14,18)(H,16,17)/t8-/m0/s1. The Morgan fingerprint density at radius 2 is 1.84 bits per heavy atom. The van der Waals surface area contributed by atoms with E-state index >= 15 is 0 Å². The number of ketones is 1. The minimum atomic E-state index is -1.51. The van der Waals surface area contributed by atoms with Gasteiger partial charge in [0.2, 0.25) is 0 Å². The normalized spacial score (nSPS) is 12.6. The molecule has 0 saturated heterocycles. The monoisotopic (exact) mass is 274 g/mol. The summed E-state index contributed by atoms with van der Waals surface area (Å²) in [6.45, 7) is 5.69. The number of rotatable bonds is 7. The van der Waals surface area contributed by atoms with Crippen LogP contribution in [0.4, 0.5) is 4.79 Å². The van der Waals surface area contributed by atoms with Crippen molar-refractivity contribution in [2.45, 2.75) is 51.7 Å². The molecule has 0 aromatic heterocycles. The molecule has 0 aliphatic rings. The molecule has 0 aromatic rings. The lowest BCUT2D eigenvalue weighted by Gasteiger charge is -2.19. The molecule has 4 N–H and O–H groups in total. The molecule has 110 valence electrons. The second kappa shape index (κ2) is 7.73. The van der Waals surface area contributed by atoms with Crippen LogP contribution in [-0.4, -0.2) is 41.1 Å². The lowest BCUT2D eigenvalue weighted by Crippen LogP contribution is -2.36. The summed E-state index contributed by atoms with van der Waals surface area (Å²) < 4.78 is 5.03. The first kappa shape index (κ1) is 17.4. The molecular weight excluding hydrogens is 252 g/mol. The summed E-state index contributed by atoms with van der Waals surface area (Å²) in [5.41, 5.74) is 4.86. The van der Waals surface area contributed by atoms with Crippen LogP contribution in [0.2, 0.25) is 0 Å². The molecule has 0 unspecified atom stereocenters. The number of carbonyl (C=O) groups is 3. The number of nitrogens with two attached hydrogens (primary N) is 1. The van der Waals surface area contributed by atoms with E-state index in [1.54, 1.807) is 20.8 Å². The maximum atomic E-state index is 11.3. The topological polar surface area (TPSA) is 119 Å². The third-order valence-corrected chi connectivity index (χ3v) is 2.16. The van der Waals surface area contributed by atoms with Gasteiger partial charge in [0.05, 0.1) is 6.04 Å². The lowest BCUT2D eigenvalue weighted by atomic mass is 10.1. The number of nitrogens with one attached hydrogen (secondary N) is 1. The number of aliphatic carboxylic acids is 1. The lowest BCUT2D eigenvalue weighted by molar-refractivity contribution is -0.149. The van der Waals surface area contributed by atoms with E-state index in [1.165, 1.54) is 0 Å². The summed E-state index contributed by atoms with van der Waals surface area (Å²) in [5, 5.41) is 11.0. The molecule has 19 heavy (non-hydrogen) atoms. The first-order valence-electron chi connectivity index (χ1n) is 6.13. The average molecular weight is 274 g/mol. The minimum absolute atomic E-state index is 0.279. The molecule has 7 nitrogen and oxygen atoms in total. The number of hydrogen-bond donors (Lipinski definition) is 3. The zero-order valence-electron chi connectivity index (χ0n) is 11.6. The molecule has 0 radical (unpaired) electrons. The maximum Gasteiger partial charge on any atom is 0.407 e. The van der Waals surface area contributed by atoms with Crippen molar-refractivity contribution in [1.82, 2.24) is 5.32 Å². The van der Waals surface area contributed by atoms with Crippen LogP contribution in [0.15, 0.2) is 0 Å². The highest BCUT2D eigenvalue weighted by molar-refractivity contribution is 6.34. The van der Waals surface area contributed by atoms with Gasteiger partial charge < -0.3 is 20.9 Å². The van der Waals surface area contributed by atoms with E-state index in [0.717, 1.165) is 0 Å². The number of amides is 1. The Hall–Kier alpha value is -1.63. The fourth-order valence-electron chi connectivity index (χ4n) is 1.28.